The van der Waals surface area contributed by atoms with Crippen LogP contribution in [0.4, 0.5) is 11.4 Å². The Morgan fingerprint density at radius 2 is 1.59 bits per heavy atom. The number of carbonyl (C=O) groups is 3. The van der Waals surface area contributed by atoms with Crippen LogP contribution in [0.3, 0.4) is 0 Å². The monoisotopic (exact) mass is 448 g/mol. The summed E-state index contributed by atoms with van der Waals surface area (Å²) < 4.78 is 0. The fourth-order valence-electron chi connectivity index (χ4n) is 3.04. The normalized spacial score (nSPS) is 11.4. The molecule has 0 saturated carbocycles. The Hall–Kier alpha value is -3.58. The molecule has 164 valence electrons. The Bertz CT molecular complexity index is 1100. The molecule has 1 atom stereocenters. The molecule has 0 spiro atoms. The molecule has 0 bridgehead atoms. The molecule has 6 nitrogen and oxygen atoms in total. The average molecular weight is 449 g/mol. The molecule has 7 heteroatoms. The van der Waals surface area contributed by atoms with Gasteiger partial charge in [-0.1, -0.05) is 54.6 Å². The lowest BCUT2D eigenvalue weighted by Crippen LogP contribution is -2.19. The van der Waals surface area contributed by atoms with Crippen molar-refractivity contribution in [2.24, 2.45) is 0 Å². The lowest BCUT2D eigenvalue weighted by molar-refractivity contribution is -0.138. The number of hydrogen-bond donors (Lipinski definition) is 3. The Morgan fingerprint density at radius 3 is 2.31 bits per heavy atom. The number of aliphatic carboxylic acids is 1. The van der Waals surface area contributed by atoms with Crippen LogP contribution < -0.4 is 10.6 Å². The maximum atomic E-state index is 13.2. The minimum atomic E-state index is -1.02. The van der Waals surface area contributed by atoms with Crippen molar-refractivity contribution in [3.63, 3.8) is 0 Å². The molecule has 3 aromatic rings. The number of carboxylic acid groups (broad SMARTS) is 1. The van der Waals surface area contributed by atoms with E-state index in [4.69, 9.17) is 5.11 Å². The van der Waals surface area contributed by atoms with Crippen molar-refractivity contribution in [2.75, 3.05) is 10.6 Å². The van der Waals surface area contributed by atoms with Crippen molar-refractivity contribution in [1.82, 2.24) is 0 Å². The number of aryl methyl sites for hydroxylation is 1. The van der Waals surface area contributed by atoms with Gasteiger partial charge in [-0.3, -0.25) is 14.4 Å². The predicted molar refractivity (Wildman–Crippen MR) is 127 cm³/mol. The topological polar surface area (TPSA) is 95.5 Å². The Morgan fingerprint density at radius 1 is 0.875 bits per heavy atom. The maximum absolute atomic E-state index is 13.2. The fraction of sp³-hybridized carbons (Fsp3) is 0.160. The summed E-state index contributed by atoms with van der Waals surface area (Å²) in [6, 6.07) is 24.3. The van der Waals surface area contributed by atoms with E-state index in [-0.39, 0.29) is 24.7 Å². The predicted octanol–water partition coefficient (Wildman–Crippen LogP) is 5.27. The highest BCUT2D eigenvalue weighted by atomic mass is 32.2. The van der Waals surface area contributed by atoms with Crippen molar-refractivity contribution in [2.45, 2.75) is 29.9 Å². The van der Waals surface area contributed by atoms with Gasteiger partial charge < -0.3 is 15.7 Å². The maximum Gasteiger partial charge on any atom is 0.303 e. The van der Waals surface area contributed by atoms with Gasteiger partial charge in [0.25, 0.3) is 0 Å². The van der Waals surface area contributed by atoms with E-state index in [9.17, 15) is 14.4 Å². The largest absolute Gasteiger partial charge is 0.481 e. The van der Waals surface area contributed by atoms with Gasteiger partial charge in [0.05, 0.1) is 6.42 Å². The Labute approximate surface area is 191 Å². The number of rotatable bonds is 9. The summed E-state index contributed by atoms with van der Waals surface area (Å²) in [7, 11) is 0. The molecule has 0 aliphatic carbocycles. The quantitative estimate of drug-likeness (QED) is 0.388. The van der Waals surface area contributed by atoms with Gasteiger partial charge >= 0.3 is 5.97 Å². The van der Waals surface area contributed by atoms with Crippen LogP contribution in [0.2, 0.25) is 0 Å². The second-order valence-electron chi connectivity index (χ2n) is 7.18. The van der Waals surface area contributed by atoms with Crippen LogP contribution >= 0.6 is 11.8 Å². The zero-order chi connectivity index (χ0) is 22.9. The van der Waals surface area contributed by atoms with E-state index in [1.165, 1.54) is 11.8 Å². The summed E-state index contributed by atoms with van der Waals surface area (Å²) in [5.41, 5.74) is 3.15. The first-order chi connectivity index (χ1) is 15.4. The first kappa shape index (κ1) is 23.1. The molecule has 0 saturated heterocycles. The molecule has 0 aromatic heterocycles. The summed E-state index contributed by atoms with van der Waals surface area (Å²) in [5, 5.41) is 14.0. The highest BCUT2D eigenvalue weighted by Crippen LogP contribution is 2.37. The fourth-order valence-corrected chi connectivity index (χ4v) is 4.12. The summed E-state index contributed by atoms with van der Waals surface area (Å²) in [6.07, 6.45) is -0.326. The minimum absolute atomic E-state index is 0.0990. The van der Waals surface area contributed by atoms with E-state index in [2.05, 4.69) is 10.6 Å². The molecular weight excluding hydrogens is 424 g/mol. The minimum Gasteiger partial charge on any atom is -0.481 e. The number of para-hydroxylation sites is 1. The van der Waals surface area contributed by atoms with Crippen LogP contribution in [0.1, 0.15) is 29.2 Å². The van der Waals surface area contributed by atoms with E-state index in [0.29, 0.717) is 5.69 Å². The molecule has 0 aliphatic rings. The third-order valence-electron chi connectivity index (χ3n) is 4.68. The molecule has 0 heterocycles. The van der Waals surface area contributed by atoms with Crippen LogP contribution in [-0.2, 0) is 14.4 Å². The van der Waals surface area contributed by atoms with Crippen molar-refractivity contribution in [3.8, 4) is 0 Å². The second-order valence-corrected chi connectivity index (χ2v) is 8.36. The highest BCUT2D eigenvalue weighted by molar-refractivity contribution is 8.00. The van der Waals surface area contributed by atoms with E-state index >= 15 is 0 Å². The van der Waals surface area contributed by atoms with Gasteiger partial charge in [0.1, 0.15) is 5.25 Å². The van der Waals surface area contributed by atoms with E-state index < -0.39 is 11.2 Å². The number of amides is 2. The molecule has 3 N–H and O–H groups in total. The van der Waals surface area contributed by atoms with Gasteiger partial charge in [0.2, 0.25) is 11.8 Å². The molecule has 2 amide bonds. The van der Waals surface area contributed by atoms with Gasteiger partial charge in [-0.05, 0) is 42.3 Å². The molecule has 3 rings (SSSR count). The van der Waals surface area contributed by atoms with E-state index in [1.807, 2.05) is 67.6 Å². The second kappa shape index (κ2) is 11.2. The van der Waals surface area contributed by atoms with Crippen LogP contribution in [0.5, 0.6) is 0 Å². The Kier molecular flexibility index (Phi) is 8.05. The summed E-state index contributed by atoms with van der Waals surface area (Å²) in [6.45, 7) is 1.94. The van der Waals surface area contributed by atoms with Crippen LogP contribution in [0.15, 0.2) is 83.8 Å². The molecule has 0 radical (unpaired) electrons. The molecular formula is C25H24N2O4S. The first-order valence-electron chi connectivity index (χ1n) is 10.1. The zero-order valence-electron chi connectivity index (χ0n) is 17.6. The summed E-state index contributed by atoms with van der Waals surface area (Å²) in [4.78, 5) is 36.7. The SMILES string of the molecule is Cc1ccccc1NC(=O)C(Sc1cccc(NC(=O)CCC(=O)O)c1)c1ccccc1. The highest BCUT2D eigenvalue weighted by Gasteiger charge is 2.23. The number of carboxylic acids is 1. The number of benzene rings is 3. The smallest absolute Gasteiger partial charge is 0.303 e. The van der Waals surface area contributed by atoms with Gasteiger partial charge in [0.15, 0.2) is 0 Å². The average Bonchev–Trinajstić information content (AvgIpc) is 2.78. The number of anilines is 2. The lowest BCUT2D eigenvalue weighted by atomic mass is 10.1. The number of hydrogen-bond acceptors (Lipinski definition) is 4. The van der Waals surface area contributed by atoms with Crippen LogP contribution in [0.25, 0.3) is 0 Å². The van der Waals surface area contributed by atoms with Crippen molar-refractivity contribution in [1.29, 1.82) is 0 Å². The number of carbonyl (C=O) groups excluding carboxylic acids is 2. The Balaban J connectivity index is 1.78. The third kappa shape index (κ3) is 6.72. The van der Waals surface area contributed by atoms with Crippen molar-refractivity contribution >= 4 is 40.9 Å². The third-order valence-corrected chi connectivity index (χ3v) is 5.93. The lowest BCUT2D eigenvalue weighted by Gasteiger charge is -2.18. The summed E-state index contributed by atoms with van der Waals surface area (Å²) >= 11 is 1.38. The number of nitrogens with one attached hydrogen (secondary N) is 2. The molecule has 0 fully saturated rings. The summed E-state index contributed by atoms with van der Waals surface area (Å²) in [5.74, 6) is -1.53. The molecule has 0 aliphatic heterocycles. The van der Waals surface area contributed by atoms with Gasteiger partial charge in [-0.25, -0.2) is 0 Å². The van der Waals surface area contributed by atoms with Gasteiger partial charge in [-0.15, -0.1) is 11.8 Å². The van der Waals surface area contributed by atoms with E-state index in [0.717, 1.165) is 21.7 Å². The molecule has 1 unspecified atom stereocenters. The zero-order valence-corrected chi connectivity index (χ0v) is 18.4. The molecule has 32 heavy (non-hydrogen) atoms. The van der Waals surface area contributed by atoms with Crippen molar-refractivity contribution < 1.29 is 19.5 Å². The standard InChI is InChI=1S/C25H24N2O4S/c1-17-8-5-6-13-21(17)27-25(31)24(18-9-3-2-4-10-18)32-20-12-7-11-19(16-20)26-22(28)14-15-23(29)30/h2-13,16,24H,14-15H2,1H3,(H,26,28)(H,27,31)(H,29,30). The first-order valence-corrected chi connectivity index (χ1v) is 11.0. The van der Waals surface area contributed by atoms with Crippen molar-refractivity contribution in [3.05, 3.63) is 90.0 Å². The van der Waals surface area contributed by atoms with Gasteiger partial charge in [-0.2, -0.15) is 0 Å². The number of thioether (sulfide) groups is 1. The van der Waals surface area contributed by atoms with E-state index in [1.54, 1.807) is 18.2 Å². The van der Waals surface area contributed by atoms with Gasteiger partial charge in [0, 0.05) is 22.7 Å². The van der Waals surface area contributed by atoms with Crippen LogP contribution in [0, 0.1) is 6.92 Å². The molecule has 3 aromatic carbocycles. The van der Waals surface area contributed by atoms with Crippen LogP contribution in [-0.4, -0.2) is 22.9 Å².